The first kappa shape index (κ1) is 17.1. The molecule has 1 amide bonds. The summed E-state index contributed by atoms with van der Waals surface area (Å²) in [7, 11) is 0. The summed E-state index contributed by atoms with van der Waals surface area (Å²) < 4.78 is 14.4. The maximum Gasteiger partial charge on any atom is 0.272 e. The monoisotopic (exact) mass is 377 g/mol. The van der Waals surface area contributed by atoms with E-state index < -0.39 is 5.82 Å². The zero-order chi connectivity index (χ0) is 19.3. The molecule has 1 aromatic heterocycles. The van der Waals surface area contributed by atoms with Crippen molar-refractivity contribution in [2.75, 3.05) is 6.54 Å². The predicted octanol–water partition coefficient (Wildman–Crippen LogP) is 3.42. The number of aromatic amines is 1. The minimum absolute atomic E-state index is 0.0177. The number of hydrogen-bond acceptors (Lipinski definition) is 3. The third-order valence-electron chi connectivity index (χ3n) is 6.31. The number of fused-ring (bicyclic) bond motifs is 1. The van der Waals surface area contributed by atoms with Crippen molar-refractivity contribution in [1.29, 1.82) is 0 Å². The molecule has 6 heteroatoms. The Kier molecular flexibility index (Phi) is 3.82. The van der Waals surface area contributed by atoms with Crippen molar-refractivity contribution in [3.8, 4) is 0 Å². The summed E-state index contributed by atoms with van der Waals surface area (Å²) in [5, 5.41) is 8.03. The molecule has 2 aliphatic rings. The van der Waals surface area contributed by atoms with Crippen LogP contribution >= 0.6 is 0 Å². The first-order chi connectivity index (χ1) is 13.6. The van der Waals surface area contributed by atoms with Gasteiger partial charge >= 0.3 is 0 Å². The van der Waals surface area contributed by atoms with E-state index in [9.17, 15) is 14.0 Å². The minimum Gasteiger partial charge on any atom is -0.333 e. The zero-order valence-corrected chi connectivity index (χ0v) is 15.4. The van der Waals surface area contributed by atoms with Gasteiger partial charge in [-0.1, -0.05) is 24.3 Å². The lowest BCUT2D eigenvalue weighted by Gasteiger charge is -2.58. The van der Waals surface area contributed by atoms with Gasteiger partial charge in [-0.05, 0) is 49.4 Å². The molecule has 3 aromatic rings. The molecule has 5 nitrogen and oxygen atoms in total. The van der Waals surface area contributed by atoms with Gasteiger partial charge < -0.3 is 4.90 Å². The van der Waals surface area contributed by atoms with E-state index in [1.54, 1.807) is 24.3 Å². The Balaban J connectivity index is 1.48. The Labute approximate surface area is 161 Å². The number of halogens is 1. The summed E-state index contributed by atoms with van der Waals surface area (Å²) in [6.07, 6.45) is 4.61. The normalized spacial score (nSPS) is 17.4. The SMILES string of the molecule is O=C(c1cc(Cc2n[nH]c(=O)c3ccccc23)ccc1F)N1CCC12CCC2. The van der Waals surface area contributed by atoms with Crippen molar-refractivity contribution in [1.82, 2.24) is 15.1 Å². The second-order valence-electron chi connectivity index (χ2n) is 7.82. The molecule has 1 aliphatic heterocycles. The number of amides is 1. The third kappa shape index (κ3) is 2.55. The number of likely N-dealkylation sites (tertiary alicyclic amines) is 1. The van der Waals surface area contributed by atoms with E-state index in [1.165, 1.54) is 6.07 Å². The molecule has 1 spiro atoms. The maximum absolute atomic E-state index is 14.4. The molecule has 0 atom stereocenters. The van der Waals surface area contributed by atoms with Crippen molar-refractivity contribution in [2.45, 2.75) is 37.6 Å². The average molecular weight is 377 g/mol. The molecule has 2 fully saturated rings. The molecule has 142 valence electrons. The molecule has 0 unspecified atom stereocenters. The summed E-state index contributed by atoms with van der Waals surface area (Å²) in [5.41, 5.74) is 1.35. The van der Waals surface area contributed by atoms with Crippen LogP contribution in [-0.2, 0) is 6.42 Å². The molecule has 1 saturated heterocycles. The maximum atomic E-state index is 14.4. The van der Waals surface area contributed by atoms with E-state index in [-0.39, 0.29) is 22.6 Å². The number of nitrogens with zero attached hydrogens (tertiary/aromatic N) is 2. The number of H-pyrrole nitrogens is 1. The van der Waals surface area contributed by atoms with E-state index >= 15 is 0 Å². The number of hydrogen-bond donors (Lipinski definition) is 1. The topological polar surface area (TPSA) is 66.1 Å². The van der Waals surface area contributed by atoms with Crippen LogP contribution < -0.4 is 5.56 Å². The molecule has 28 heavy (non-hydrogen) atoms. The van der Waals surface area contributed by atoms with Gasteiger partial charge in [-0.25, -0.2) is 9.49 Å². The molecule has 1 saturated carbocycles. The third-order valence-corrected chi connectivity index (χ3v) is 6.31. The van der Waals surface area contributed by atoms with Gasteiger partial charge in [0.05, 0.1) is 16.6 Å². The van der Waals surface area contributed by atoms with E-state index in [1.807, 2.05) is 17.0 Å². The van der Waals surface area contributed by atoms with Crippen LogP contribution in [0.1, 0.15) is 47.3 Å². The van der Waals surface area contributed by atoms with Crippen molar-refractivity contribution < 1.29 is 9.18 Å². The first-order valence-electron chi connectivity index (χ1n) is 9.64. The molecule has 1 N–H and O–H groups in total. The minimum atomic E-state index is -0.491. The molecule has 0 radical (unpaired) electrons. The molecular weight excluding hydrogens is 357 g/mol. The number of aromatic nitrogens is 2. The van der Waals surface area contributed by atoms with E-state index in [0.29, 0.717) is 24.0 Å². The second kappa shape index (κ2) is 6.26. The molecule has 1 aliphatic carbocycles. The Morgan fingerprint density at radius 3 is 2.61 bits per heavy atom. The van der Waals surface area contributed by atoms with E-state index in [4.69, 9.17) is 0 Å². The quantitative estimate of drug-likeness (QED) is 0.761. The molecule has 0 bridgehead atoms. The second-order valence-corrected chi connectivity index (χ2v) is 7.82. The highest BCUT2D eigenvalue weighted by Crippen LogP contribution is 2.47. The first-order valence-corrected chi connectivity index (χ1v) is 9.64. The number of benzene rings is 2. The lowest BCUT2D eigenvalue weighted by atomic mass is 9.67. The van der Waals surface area contributed by atoms with Gasteiger partial charge in [0.15, 0.2) is 0 Å². The fourth-order valence-electron chi connectivity index (χ4n) is 4.45. The van der Waals surface area contributed by atoms with Crippen LogP contribution in [0.4, 0.5) is 4.39 Å². The number of carbonyl (C=O) groups excluding carboxylic acids is 1. The van der Waals surface area contributed by atoms with Gasteiger partial charge in [-0.3, -0.25) is 9.59 Å². The van der Waals surface area contributed by atoms with Crippen LogP contribution in [0, 0.1) is 5.82 Å². The lowest BCUT2D eigenvalue weighted by Crippen LogP contribution is -2.65. The van der Waals surface area contributed by atoms with E-state index in [2.05, 4.69) is 10.2 Å². The van der Waals surface area contributed by atoms with Crippen LogP contribution in [0.5, 0.6) is 0 Å². The number of carbonyl (C=O) groups is 1. The Bertz CT molecular complexity index is 1140. The molecule has 5 rings (SSSR count). The Hall–Kier alpha value is -3.02. The summed E-state index contributed by atoms with van der Waals surface area (Å²) in [4.78, 5) is 26.7. The average Bonchev–Trinajstić information content (AvgIpc) is 2.63. The van der Waals surface area contributed by atoms with Crippen LogP contribution in [-0.4, -0.2) is 33.1 Å². The lowest BCUT2D eigenvalue weighted by molar-refractivity contribution is -0.0490. The highest BCUT2D eigenvalue weighted by molar-refractivity contribution is 5.96. The van der Waals surface area contributed by atoms with Gasteiger partial charge in [-0.2, -0.15) is 5.10 Å². The van der Waals surface area contributed by atoms with Crippen LogP contribution in [0.25, 0.3) is 10.8 Å². The predicted molar refractivity (Wildman–Crippen MR) is 104 cm³/mol. The summed E-state index contributed by atoms with van der Waals surface area (Å²) >= 11 is 0. The highest BCUT2D eigenvalue weighted by Gasteiger charge is 2.51. The van der Waals surface area contributed by atoms with Gasteiger partial charge in [0.25, 0.3) is 11.5 Å². The van der Waals surface area contributed by atoms with Crippen molar-refractivity contribution >= 4 is 16.7 Å². The molecule has 2 aromatic carbocycles. The Morgan fingerprint density at radius 2 is 1.93 bits per heavy atom. The fourth-order valence-corrected chi connectivity index (χ4v) is 4.45. The van der Waals surface area contributed by atoms with Crippen molar-refractivity contribution in [2.24, 2.45) is 0 Å². The smallest absolute Gasteiger partial charge is 0.272 e. The number of rotatable bonds is 3. The van der Waals surface area contributed by atoms with E-state index in [0.717, 1.165) is 36.6 Å². The van der Waals surface area contributed by atoms with Crippen LogP contribution in [0.2, 0.25) is 0 Å². The van der Waals surface area contributed by atoms with Crippen molar-refractivity contribution in [3.63, 3.8) is 0 Å². The van der Waals surface area contributed by atoms with Crippen LogP contribution in [0.15, 0.2) is 47.3 Å². The van der Waals surface area contributed by atoms with Crippen molar-refractivity contribution in [3.05, 3.63) is 75.5 Å². The highest BCUT2D eigenvalue weighted by atomic mass is 19.1. The summed E-state index contributed by atoms with van der Waals surface area (Å²) in [6.45, 7) is 0.703. The van der Waals surface area contributed by atoms with Crippen LogP contribution in [0.3, 0.4) is 0 Å². The number of nitrogens with one attached hydrogen (secondary N) is 1. The largest absolute Gasteiger partial charge is 0.333 e. The molecule has 2 heterocycles. The Morgan fingerprint density at radius 1 is 1.14 bits per heavy atom. The molecular formula is C22H20FN3O2. The standard InChI is InChI=1S/C22H20FN3O2/c23-18-7-6-14(12-17(18)21(28)26-11-10-22(26)8-3-9-22)13-19-15-4-1-2-5-16(15)20(27)25-24-19/h1-2,4-7,12H,3,8-11,13H2,(H,25,27). The summed E-state index contributed by atoms with van der Waals surface area (Å²) in [5.74, 6) is -0.709. The van der Waals surface area contributed by atoms with Gasteiger partial charge in [-0.15, -0.1) is 0 Å². The van der Waals surface area contributed by atoms with Gasteiger partial charge in [0.1, 0.15) is 5.82 Å². The zero-order valence-electron chi connectivity index (χ0n) is 15.4. The fraction of sp³-hybridized carbons (Fsp3) is 0.318. The summed E-state index contributed by atoms with van der Waals surface area (Å²) in [6, 6.07) is 11.9. The van der Waals surface area contributed by atoms with Gasteiger partial charge in [0, 0.05) is 23.9 Å². The van der Waals surface area contributed by atoms with Gasteiger partial charge in [0.2, 0.25) is 0 Å².